The zero-order valence-corrected chi connectivity index (χ0v) is 14.6. The van der Waals surface area contributed by atoms with Crippen LogP contribution in [-0.4, -0.2) is 29.7 Å². The quantitative estimate of drug-likeness (QED) is 0.683. The Morgan fingerprint density at radius 2 is 1.56 bits per heavy atom. The van der Waals surface area contributed by atoms with Gasteiger partial charge in [-0.3, -0.25) is 9.36 Å². The van der Waals surface area contributed by atoms with Gasteiger partial charge < -0.3 is 19.8 Å². The molecule has 25 heavy (non-hydrogen) atoms. The second-order valence-corrected chi connectivity index (χ2v) is 5.61. The van der Waals surface area contributed by atoms with Crippen molar-refractivity contribution in [3.8, 4) is 17.2 Å². The molecule has 0 unspecified atom stereocenters. The van der Waals surface area contributed by atoms with Crippen LogP contribution in [-0.2, 0) is 0 Å². The second-order valence-electron chi connectivity index (χ2n) is 5.22. The molecule has 0 bridgehead atoms. The number of nitrogens with one attached hydrogen (secondary N) is 2. The summed E-state index contributed by atoms with van der Waals surface area (Å²) in [5.74, 6) is 1.20. The predicted molar refractivity (Wildman–Crippen MR) is 98.5 cm³/mol. The Hall–Kier alpha value is -3.06. The summed E-state index contributed by atoms with van der Waals surface area (Å²) >= 11 is 5.31. The fourth-order valence-corrected chi connectivity index (χ4v) is 2.59. The SMILES string of the molecule is COc1ccc(NC(=O)c2cn(-c3ccc(OC)cc3)c(=S)[nH]2)cc1. The molecule has 1 amide bonds. The molecule has 0 saturated heterocycles. The second kappa shape index (κ2) is 7.23. The number of ether oxygens (including phenoxy) is 2. The first kappa shape index (κ1) is 16.8. The summed E-state index contributed by atoms with van der Waals surface area (Å²) in [4.78, 5) is 15.3. The standard InChI is InChI=1S/C18H17N3O3S/c1-23-14-7-3-12(4-8-14)19-17(22)16-11-21(18(25)20-16)13-5-9-15(24-2)10-6-13/h3-11H,1-2H3,(H,19,22)(H,20,25). The molecule has 0 saturated carbocycles. The normalized spacial score (nSPS) is 10.3. The highest BCUT2D eigenvalue weighted by atomic mass is 32.1. The topological polar surface area (TPSA) is 68.3 Å². The lowest BCUT2D eigenvalue weighted by molar-refractivity contribution is 0.102. The first-order chi connectivity index (χ1) is 12.1. The van der Waals surface area contributed by atoms with Gasteiger partial charge in [-0.1, -0.05) is 0 Å². The molecular weight excluding hydrogens is 338 g/mol. The van der Waals surface area contributed by atoms with Gasteiger partial charge in [0.15, 0.2) is 4.77 Å². The first-order valence-electron chi connectivity index (χ1n) is 7.52. The van der Waals surface area contributed by atoms with Crippen molar-refractivity contribution in [2.24, 2.45) is 0 Å². The number of hydrogen-bond donors (Lipinski definition) is 2. The fraction of sp³-hybridized carbons (Fsp3) is 0.111. The summed E-state index contributed by atoms with van der Waals surface area (Å²) < 4.78 is 12.4. The van der Waals surface area contributed by atoms with Crippen molar-refractivity contribution in [2.45, 2.75) is 0 Å². The van der Waals surface area contributed by atoms with Gasteiger partial charge in [-0.25, -0.2) is 0 Å². The zero-order chi connectivity index (χ0) is 17.8. The average Bonchev–Trinajstić information content (AvgIpc) is 3.04. The molecule has 0 atom stereocenters. The largest absolute Gasteiger partial charge is 0.497 e. The van der Waals surface area contributed by atoms with Crippen LogP contribution >= 0.6 is 12.2 Å². The summed E-state index contributed by atoms with van der Waals surface area (Å²) in [6, 6.07) is 14.5. The minimum absolute atomic E-state index is 0.275. The van der Waals surface area contributed by atoms with Gasteiger partial charge in [0.1, 0.15) is 17.2 Å². The number of nitrogens with zero attached hydrogens (tertiary/aromatic N) is 1. The molecule has 3 aromatic rings. The molecule has 0 aliphatic heterocycles. The molecule has 128 valence electrons. The van der Waals surface area contributed by atoms with E-state index in [9.17, 15) is 4.79 Å². The summed E-state index contributed by atoms with van der Waals surface area (Å²) in [7, 11) is 3.20. The summed E-state index contributed by atoms with van der Waals surface area (Å²) in [6.45, 7) is 0. The van der Waals surface area contributed by atoms with Crippen LogP contribution in [0.25, 0.3) is 5.69 Å². The van der Waals surface area contributed by atoms with Crippen LogP contribution < -0.4 is 14.8 Å². The van der Waals surface area contributed by atoms with Crippen molar-refractivity contribution in [3.63, 3.8) is 0 Å². The van der Waals surface area contributed by atoms with E-state index in [-0.39, 0.29) is 5.91 Å². The molecule has 2 aromatic carbocycles. The molecule has 3 rings (SSSR count). The van der Waals surface area contributed by atoms with Gasteiger partial charge in [0.2, 0.25) is 0 Å². The van der Waals surface area contributed by atoms with Crippen molar-refractivity contribution >= 4 is 23.8 Å². The van der Waals surface area contributed by atoms with E-state index in [1.165, 1.54) is 0 Å². The summed E-state index contributed by atoms with van der Waals surface area (Å²) in [6.07, 6.45) is 1.67. The number of aromatic amines is 1. The van der Waals surface area contributed by atoms with Gasteiger partial charge in [-0.15, -0.1) is 0 Å². The Morgan fingerprint density at radius 1 is 1.00 bits per heavy atom. The molecule has 0 spiro atoms. The third-order valence-corrected chi connectivity index (χ3v) is 3.96. The lowest BCUT2D eigenvalue weighted by atomic mass is 10.3. The van der Waals surface area contributed by atoms with Crippen LogP contribution in [0.5, 0.6) is 11.5 Å². The molecule has 0 aliphatic rings. The number of methoxy groups -OCH3 is 2. The average molecular weight is 355 g/mol. The van der Waals surface area contributed by atoms with E-state index in [0.29, 0.717) is 16.2 Å². The highest BCUT2D eigenvalue weighted by Crippen LogP contribution is 2.18. The smallest absolute Gasteiger partial charge is 0.273 e. The number of rotatable bonds is 5. The Labute approximate surface area is 150 Å². The minimum atomic E-state index is -0.275. The lowest BCUT2D eigenvalue weighted by Gasteiger charge is -2.05. The lowest BCUT2D eigenvalue weighted by Crippen LogP contribution is -2.12. The van der Waals surface area contributed by atoms with E-state index in [1.807, 2.05) is 24.3 Å². The van der Waals surface area contributed by atoms with Crippen LogP contribution in [0, 0.1) is 4.77 Å². The van der Waals surface area contributed by atoms with Gasteiger partial charge in [0.25, 0.3) is 5.91 Å². The van der Waals surface area contributed by atoms with Gasteiger partial charge >= 0.3 is 0 Å². The van der Waals surface area contributed by atoms with Crippen LogP contribution in [0.2, 0.25) is 0 Å². The third-order valence-electron chi connectivity index (χ3n) is 3.66. The first-order valence-corrected chi connectivity index (χ1v) is 7.93. The van der Waals surface area contributed by atoms with Crippen molar-refractivity contribution in [1.82, 2.24) is 9.55 Å². The molecule has 1 aromatic heterocycles. The molecular formula is C18H17N3O3S. The van der Waals surface area contributed by atoms with E-state index in [0.717, 1.165) is 17.2 Å². The van der Waals surface area contributed by atoms with Crippen LogP contribution in [0.15, 0.2) is 54.7 Å². The number of H-pyrrole nitrogens is 1. The van der Waals surface area contributed by atoms with Crippen LogP contribution in [0.3, 0.4) is 0 Å². The van der Waals surface area contributed by atoms with Gasteiger partial charge in [0, 0.05) is 17.6 Å². The maximum absolute atomic E-state index is 12.4. The number of anilines is 1. The minimum Gasteiger partial charge on any atom is -0.497 e. The number of carbonyl (C=O) groups is 1. The Morgan fingerprint density at radius 3 is 2.12 bits per heavy atom. The van der Waals surface area contributed by atoms with E-state index in [4.69, 9.17) is 21.7 Å². The maximum atomic E-state index is 12.4. The molecule has 0 aliphatic carbocycles. The number of benzene rings is 2. The van der Waals surface area contributed by atoms with E-state index in [1.54, 1.807) is 49.2 Å². The van der Waals surface area contributed by atoms with E-state index >= 15 is 0 Å². The van der Waals surface area contributed by atoms with Crippen molar-refractivity contribution in [2.75, 3.05) is 19.5 Å². The van der Waals surface area contributed by atoms with E-state index < -0.39 is 0 Å². The zero-order valence-electron chi connectivity index (χ0n) is 13.8. The van der Waals surface area contributed by atoms with Crippen LogP contribution in [0.4, 0.5) is 5.69 Å². The third kappa shape index (κ3) is 3.72. The number of imidazole rings is 1. The van der Waals surface area contributed by atoms with E-state index in [2.05, 4.69) is 10.3 Å². The summed E-state index contributed by atoms with van der Waals surface area (Å²) in [5.41, 5.74) is 1.88. The number of amides is 1. The summed E-state index contributed by atoms with van der Waals surface area (Å²) in [5, 5.41) is 2.81. The van der Waals surface area contributed by atoms with Crippen molar-refractivity contribution < 1.29 is 14.3 Å². The predicted octanol–water partition coefficient (Wildman–Crippen LogP) is 3.80. The molecule has 7 heteroatoms. The molecule has 0 radical (unpaired) electrons. The molecule has 2 N–H and O–H groups in total. The molecule has 1 heterocycles. The van der Waals surface area contributed by atoms with Gasteiger partial charge in [-0.05, 0) is 60.7 Å². The Bertz CT molecular complexity index is 927. The Balaban J connectivity index is 1.80. The monoisotopic (exact) mass is 355 g/mol. The number of hydrogen-bond acceptors (Lipinski definition) is 4. The Kier molecular flexibility index (Phi) is 4.85. The van der Waals surface area contributed by atoms with Crippen molar-refractivity contribution in [3.05, 3.63) is 65.2 Å². The molecule has 6 nitrogen and oxygen atoms in total. The number of aromatic nitrogens is 2. The highest BCUT2D eigenvalue weighted by Gasteiger charge is 2.11. The van der Waals surface area contributed by atoms with Gasteiger partial charge in [0.05, 0.1) is 14.2 Å². The maximum Gasteiger partial charge on any atom is 0.273 e. The molecule has 0 fully saturated rings. The number of carbonyl (C=O) groups excluding carboxylic acids is 1. The fourth-order valence-electron chi connectivity index (χ4n) is 2.32. The van der Waals surface area contributed by atoms with Crippen molar-refractivity contribution in [1.29, 1.82) is 0 Å². The van der Waals surface area contributed by atoms with Crippen LogP contribution in [0.1, 0.15) is 10.5 Å². The highest BCUT2D eigenvalue weighted by molar-refractivity contribution is 7.71. The van der Waals surface area contributed by atoms with Gasteiger partial charge in [-0.2, -0.15) is 0 Å².